The van der Waals surface area contributed by atoms with Gasteiger partial charge in [-0.05, 0) is 31.7 Å². The maximum Gasteiger partial charge on any atom is 0.282 e. The third-order valence-electron chi connectivity index (χ3n) is 7.78. The van der Waals surface area contributed by atoms with Crippen LogP contribution in [0.4, 0.5) is 11.6 Å². The summed E-state index contributed by atoms with van der Waals surface area (Å²) in [6.45, 7) is 4.13. The number of carbonyl (C=O) groups excluding carboxylic acids is 1. The molecule has 5 rings (SSSR count). The molecule has 8 nitrogen and oxygen atoms in total. The number of fused-ring (bicyclic) bond motifs is 4. The minimum Gasteiger partial charge on any atom is -0.273 e. The number of carbonyl (C=O) groups is 1. The first-order valence-corrected chi connectivity index (χ1v) is 12.0. The highest BCUT2D eigenvalue weighted by atomic mass is 16.6. The number of para-hydroxylation sites is 1. The van der Waals surface area contributed by atoms with Crippen molar-refractivity contribution in [1.29, 1.82) is 0 Å². The number of amides is 1. The fourth-order valence-electron chi connectivity index (χ4n) is 6.30. The fourth-order valence-corrected chi connectivity index (χ4v) is 6.30. The number of nitro groups is 1. The van der Waals surface area contributed by atoms with Crippen molar-refractivity contribution in [3.05, 3.63) is 45.8 Å². The molecule has 8 heteroatoms. The van der Waals surface area contributed by atoms with Crippen LogP contribution in [0.2, 0.25) is 0 Å². The van der Waals surface area contributed by atoms with Crippen LogP contribution in [0, 0.1) is 16.0 Å². The lowest BCUT2D eigenvalue weighted by Crippen LogP contribution is -2.61. The predicted molar refractivity (Wildman–Crippen MR) is 121 cm³/mol. The summed E-state index contributed by atoms with van der Waals surface area (Å²) < 4.78 is 2.07. The van der Waals surface area contributed by atoms with Crippen molar-refractivity contribution < 1.29 is 9.72 Å². The van der Waals surface area contributed by atoms with Gasteiger partial charge in [0.05, 0.1) is 10.5 Å². The van der Waals surface area contributed by atoms with Crippen LogP contribution in [0.3, 0.4) is 0 Å². The molecular weight excluding hydrogens is 406 g/mol. The molecule has 2 heterocycles. The van der Waals surface area contributed by atoms with Crippen molar-refractivity contribution in [1.82, 2.24) is 14.8 Å². The van der Waals surface area contributed by atoms with Gasteiger partial charge in [0.25, 0.3) is 11.6 Å². The Balaban J connectivity index is 1.70. The first kappa shape index (κ1) is 21.1. The van der Waals surface area contributed by atoms with Crippen LogP contribution >= 0.6 is 0 Å². The Morgan fingerprint density at radius 1 is 1.12 bits per heavy atom. The Morgan fingerprint density at radius 2 is 1.84 bits per heavy atom. The standard InChI is InChI=1S/C24H31N5O3/c1-16(2)21-25-23-27(22(30)17-10-4-6-12-19(17)29(31)32)20-13-7-5-11-18(20)24(28(23)26-21)14-8-3-9-15-24/h4,6,10,12,16,18,20H,3,5,7-9,11,13-15H2,1-2H3/t18-,20+/m1/s1. The van der Waals surface area contributed by atoms with Gasteiger partial charge in [0, 0.05) is 23.9 Å². The molecule has 1 aromatic carbocycles. The number of nitro benzene ring substituents is 1. The average Bonchev–Trinajstić information content (AvgIpc) is 3.26. The van der Waals surface area contributed by atoms with Crippen molar-refractivity contribution in [2.24, 2.45) is 5.92 Å². The van der Waals surface area contributed by atoms with Gasteiger partial charge in [0.2, 0.25) is 5.95 Å². The van der Waals surface area contributed by atoms with Gasteiger partial charge in [0.1, 0.15) is 5.56 Å². The molecule has 2 saturated carbocycles. The second-order valence-electron chi connectivity index (χ2n) is 9.91. The second kappa shape index (κ2) is 7.98. The molecule has 1 aromatic heterocycles. The van der Waals surface area contributed by atoms with Gasteiger partial charge in [-0.15, -0.1) is 0 Å². The zero-order valence-electron chi connectivity index (χ0n) is 18.9. The highest BCUT2D eigenvalue weighted by molar-refractivity contribution is 6.08. The molecule has 0 N–H and O–H groups in total. The van der Waals surface area contributed by atoms with E-state index in [2.05, 4.69) is 18.5 Å². The Morgan fingerprint density at radius 3 is 2.56 bits per heavy atom. The fraction of sp³-hybridized carbons (Fsp3) is 0.625. The van der Waals surface area contributed by atoms with E-state index in [9.17, 15) is 14.9 Å². The van der Waals surface area contributed by atoms with Gasteiger partial charge in [-0.25, -0.2) is 4.68 Å². The van der Waals surface area contributed by atoms with Crippen LogP contribution in [0.1, 0.15) is 93.7 Å². The number of nitrogens with zero attached hydrogens (tertiary/aromatic N) is 5. The summed E-state index contributed by atoms with van der Waals surface area (Å²) in [6.07, 6.45) is 9.87. The SMILES string of the molecule is CC(C)c1nc2n(n1)C1(CCCCC1)[C@@H]1CCCC[C@@H]1N2C(=O)c1ccccc1[N+](=O)[O-]. The van der Waals surface area contributed by atoms with Gasteiger partial charge in [-0.2, -0.15) is 10.1 Å². The number of rotatable bonds is 3. The average molecular weight is 438 g/mol. The van der Waals surface area contributed by atoms with Crippen LogP contribution in [0.15, 0.2) is 24.3 Å². The van der Waals surface area contributed by atoms with E-state index in [1.165, 1.54) is 12.5 Å². The summed E-state index contributed by atoms with van der Waals surface area (Å²) in [7, 11) is 0. The van der Waals surface area contributed by atoms with Crippen molar-refractivity contribution in [2.45, 2.75) is 89.1 Å². The summed E-state index contributed by atoms with van der Waals surface area (Å²) in [5.74, 6) is 1.44. The molecular formula is C24H31N5O3. The third-order valence-corrected chi connectivity index (χ3v) is 7.78. The van der Waals surface area contributed by atoms with E-state index in [0.717, 1.165) is 57.2 Å². The van der Waals surface area contributed by atoms with Crippen LogP contribution < -0.4 is 4.90 Å². The highest BCUT2D eigenvalue weighted by Gasteiger charge is 2.55. The van der Waals surface area contributed by atoms with Crippen molar-refractivity contribution in [3.8, 4) is 0 Å². The Kier molecular flexibility index (Phi) is 5.26. The summed E-state index contributed by atoms with van der Waals surface area (Å²) >= 11 is 0. The third kappa shape index (κ3) is 3.14. The van der Waals surface area contributed by atoms with Gasteiger partial charge in [0.15, 0.2) is 5.82 Å². The lowest BCUT2D eigenvalue weighted by atomic mass is 9.64. The smallest absolute Gasteiger partial charge is 0.273 e. The molecule has 0 bridgehead atoms. The lowest BCUT2D eigenvalue weighted by Gasteiger charge is -2.55. The summed E-state index contributed by atoms with van der Waals surface area (Å²) in [5.41, 5.74) is -0.127. The van der Waals surface area contributed by atoms with Crippen molar-refractivity contribution in [3.63, 3.8) is 0 Å². The molecule has 1 aliphatic heterocycles. The molecule has 2 fully saturated rings. The van der Waals surface area contributed by atoms with Crippen molar-refractivity contribution >= 4 is 17.5 Å². The highest BCUT2D eigenvalue weighted by Crippen LogP contribution is 2.53. The monoisotopic (exact) mass is 437 g/mol. The van der Waals surface area contributed by atoms with Gasteiger partial charge in [-0.3, -0.25) is 19.8 Å². The van der Waals surface area contributed by atoms with E-state index in [1.54, 1.807) is 23.1 Å². The summed E-state index contributed by atoms with van der Waals surface area (Å²) in [4.78, 5) is 31.8. The van der Waals surface area contributed by atoms with Crippen molar-refractivity contribution in [2.75, 3.05) is 4.90 Å². The second-order valence-corrected chi connectivity index (χ2v) is 9.91. The number of hydrogen-bond acceptors (Lipinski definition) is 5. The molecule has 0 radical (unpaired) electrons. The number of benzene rings is 1. The number of hydrogen-bond donors (Lipinski definition) is 0. The molecule has 2 aliphatic carbocycles. The maximum absolute atomic E-state index is 13.9. The lowest BCUT2D eigenvalue weighted by molar-refractivity contribution is -0.385. The predicted octanol–water partition coefficient (Wildman–Crippen LogP) is 5.19. The van der Waals surface area contributed by atoms with Gasteiger partial charge >= 0.3 is 0 Å². The van der Waals surface area contributed by atoms with E-state index in [0.29, 0.717) is 11.9 Å². The molecule has 2 aromatic rings. The van der Waals surface area contributed by atoms with E-state index < -0.39 is 4.92 Å². The molecule has 2 atom stereocenters. The number of aromatic nitrogens is 3. The van der Waals surface area contributed by atoms with Crippen LogP contribution in [0.25, 0.3) is 0 Å². The van der Waals surface area contributed by atoms with Gasteiger partial charge in [-0.1, -0.05) is 58.1 Å². The minimum absolute atomic E-state index is 0.00544. The quantitative estimate of drug-likeness (QED) is 0.487. The van der Waals surface area contributed by atoms with Crippen LogP contribution in [0.5, 0.6) is 0 Å². The van der Waals surface area contributed by atoms with Crippen LogP contribution in [-0.4, -0.2) is 31.6 Å². The minimum atomic E-state index is -0.470. The molecule has 170 valence electrons. The van der Waals surface area contributed by atoms with Gasteiger partial charge < -0.3 is 0 Å². The zero-order chi connectivity index (χ0) is 22.5. The molecule has 1 amide bonds. The summed E-state index contributed by atoms with van der Waals surface area (Å²) in [6, 6.07) is 6.27. The number of anilines is 1. The largest absolute Gasteiger partial charge is 0.282 e. The van der Waals surface area contributed by atoms with Crippen LogP contribution in [-0.2, 0) is 5.54 Å². The van der Waals surface area contributed by atoms with E-state index >= 15 is 0 Å². The Hall–Kier alpha value is -2.77. The molecule has 0 unspecified atom stereocenters. The Bertz CT molecular complexity index is 1040. The summed E-state index contributed by atoms with van der Waals surface area (Å²) in [5, 5.41) is 16.7. The van der Waals surface area contributed by atoms with E-state index in [-0.39, 0.29) is 34.7 Å². The van der Waals surface area contributed by atoms with E-state index in [4.69, 9.17) is 10.1 Å². The molecule has 1 spiro atoms. The first-order chi connectivity index (χ1) is 15.4. The normalized spacial score (nSPS) is 24.3. The molecule has 3 aliphatic rings. The molecule has 32 heavy (non-hydrogen) atoms. The molecule has 0 saturated heterocycles. The topological polar surface area (TPSA) is 94.2 Å². The zero-order valence-corrected chi connectivity index (χ0v) is 18.9. The van der Waals surface area contributed by atoms with E-state index in [1.807, 2.05) is 0 Å². The maximum atomic E-state index is 13.9. The first-order valence-electron chi connectivity index (χ1n) is 12.0. The Labute approximate surface area is 188 Å².